The number of carbonyl (C=O) groups is 1. The molecule has 0 aliphatic carbocycles. The lowest BCUT2D eigenvalue weighted by molar-refractivity contribution is 0.218. The number of hydrogen-bond donors (Lipinski definition) is 1. The molecule has 0 bridgehead atoms. The zero-order valence-corrected chi connectivity index (χ0v) is 16.3. The summed E-state index contributed by atoms with van der Waals surface area (Å²) < 4.78 is 6.78. The van der Waals surface area contributed by atoms with Crippen LogP contribution in [0, 0.1) is 6.92 Å². The Labute approximate surface area is 148 Å². The Bertz CT molecular complexity index is 748. The van der Waals surface area contributed by atoms with Crippen molar-refractivity contribution in [1.82, 2.24) is 24.8 Å². The van der Waals surface area contributed by atoms with Gasteiger partial charge in [-0.3, -0.25) is 5.32 Å². The molecule has 0 saturated carbocycles. The topological polar surface area (TPSA) is 89.1 Å². The van der Waals surface area contributed by atoms with Gasteiger partial charge in [-0.1, -0.05) is 25.9 Å². The van der Waals surface area contributed by atoms with Crippen molar-refractivity contribution in [3.8, 4) is 0 Å². The largest absolute Gasteiger partial charge is 0.340 e. The lowest BCUT2D eigenvalue weighted by Crippen LogP contribution is -2.34. The number of aromatic nitrogens is 4. The normalized spacial score (nSPS) is 12.3. The molecule has 0 saturated heterocycles. The van der Waals surface area contributed by atoms with Crippen LogP contribution in [0.5, 0.6) is 0 Å². The predicted molar refractivity (Wildman–Crippen MR) is 95.4 cm³/mol. The van der Waals surface area contributed by atoms with Gasteiger partial charge in [0, 0.05) is 25.5 Å². The molecule has 25 heavy (non-hydrogen) atoms. The van der Waals surface area contributed by atoms with Gasteiger partial charge in [0.25, 0.3) is 0 Å². The number of amides is 2. The molecule has 1 N–H and O–H groups in total. The van der Waals surface area contributed by atoms with E-state index in [9.17, 15) is 4.79 Å². The van der Waals surface area contributed by atoms with Crippen LogP contribution in [0.2, 0.25) is 0 Å². The molecule has 2 rings (SSSR count). The maximum atomic E-state index is 12.5. The molecule has 0 aromatic carbocycles. The van der Waals surface area contributed by atoms with Gasteiger partial charge in [0.15, 0.2) is 5.82 Å². The van der Waals surface area contributed by atoms with Crippen molar-refractivity contribution in [2.24, 2.45) is 0 Å². The zero-order valence-electron chi connectivity index (χ0n) is 16.3. The second kappa shape index (κ2) is 6.50. The SMILES string of the molecule is Cc1nc(CN(C)C(=O)Nc2cc(C(C)(C)C)nn2C(C)(C)C)no1. The molecular formula is C17H28N6O2. The van der Waals surface area contributed by atoms with Crippen molar-refractivity contribution in [3.05, 3.63) is 23.5 Å². The lowest BCUT2D eigenvalue weighted by atomic mass is 9.92. The Morgan fingerprint density at radius 3 is 2.40 bits per heavy atom. The van der Waals surface area contributed by atoms with E-state index in [1.807, 2.05) is 31.5 Å². The number of nitrogens with zero attached hydrogens (tertiary/aromatic N) is 5. The van der Waals surface area contributed by atoms with Gasteiger partial charge in [-0.05, 0) is 20.8 Å². The summed E-state index contributed by atoms with van der Waals surface area (Å²) in [7, 11) is 1.68. The highest BCUT2D eigenvalue weighted by atomic mass is 16.5. The third-order valence-electron chi connectivity index (χ3n) is 3.64. The number of carbonyl (C=O) groups excluding carboxylic acids is 1. The molecule has 0 atom stereocenters. The summed E-state index contributed by atoms with van der Waals surface area (Å²) in [5, 5.41) is 11.4. The number of urea groups is 1. The van der Waals surface area contributed by atoms with Gasteiger partial charge in [0.2, 0.25) is 5.89 Å². The van der Waals surface area contributed by atoms with Crippen LogP contribution in [0.15, 0.2) is 10.6 Å². The van der Waals surface area contributed by atoms with Gasteiger partial charge < -0.3 is 9.42 Å². The van der Waals surface area contributed by atoms with Crippen LogP contribution in [-0.4, -0.2) is 37.9 Å². The first-order valence-electron chi connectivity index (χ1n) is 8.30. The van der Waals surface area contributed by atoms with Crippen LogP contribution >= 0.6 is 0 Å². The highest BCUT2D eigenvalue weighted by molar-refractivity contribution is 5.88. The second-order valence-corrected chi connectivity index (χ2v) is 8.26. The van der Waals surface area contributed by atoms with Crippen LogP contribution in [0.1, 0.15) is 59.0 Å². The molecule has 0 spiro atoms. The van der Waals surface area contributed by atoms with Crippen molar-refractivity contribution >= 4 is 11.8 Å². The van der Waals surface area contributed by atoms with E-state index in [0.29, 0.717) is 17.5 Å². The summed E-state index contributed by atoms with van der Waals surface area (Å²) in [6, 6.07) is 1.67. The first-order valence-corrected chi connectivity index (χ1v) is 8.30. The Morgan fingerprint density at radius 1 is 1.28 bits per heavy atom. The summed E-state index contributed by atoms with van der Waals surface area (Å²) in [5.41, 5.74) is 0.564. The minimum Gasteiger partial charge on any atom is -0.340 e. The first kappa shape index (κ1) is 19.0. The number of rotatable bonds is 3. The Kier molecular flexibility index (Phi) is 4.92. The molecule has 2 aromatic rings. The second-order valence-electron chi connectivity index (χ2n) is 8.26. The van der Waals surface area contributed by atoms with E-state index < -0.39 is 0 Å². The molecule has 2 aromatic heterocycles. The van der Waals surface area contributed by atoms with E-state index in [1.165, 1.54) is 4.90 Å². The van der Waals surface area contributed by atoms with E-state index in [0.717, 1.165) is 5.69 Å². The Morgan fingerprint density at radius 2 is 1.92 bits per heavy atom. The smallest absolute Gasteiger partial charge is 0.323 e. The standard InChI is InChI=1S/C17H28N6O2/c1-11-18-13(21-25-11)10-22(8)15(24)19-14-9-12(16(2,3)4)20-23(14)17(5,6)7/h9H,10H2,1-8H3,(H,19,24). The fraction of sp³-hybridized carbons (Fsp3) is 0.647. The van der Waals surface area contributed by atoms with Crippen molar-refractivity contribution in [2.45, 2.75) is 66.0 Å². The molecule has 0 fully saturated rings. The quantitative estimate of drug-likeness (QED) is 0.919. The molecule has 0 unspecified atom stereocenters. The van der Waals surface area contributed by atoms with Crippen LogP contribution in [0.25, 0.3) is 0 Å². The molecule has 2 heterocycles. The van der Waals surface area contributed by atoms with Crippen LogP contribution in [0.3, 0.4) is 0 Å². The van der Waals surface area contributed by atoms with Gasteiger partial charge in [0.05, 0.1) is 17.8 Å². The van der Waals surface area contributed by atoms with Gasteiger partial charge in [-0.2, -0.15) is 10.1 Å². The zero-order chi connectivity index (χ0) is 19.0. The van der Waals surface area contributed by atoms with E-state index >= 15 is 0 Å². The molecule has 8 heteroatoms. The minimum absolute atomic E-state index is 0.107. The van der Waals surface area contributed by atoms with Gasteiger partial charge in [-0.25, -0.2) is 9.48 Å². The summed E-state index contributed by atoms with van der Waals surface area (Å²) in [6.45, 7) is 14.4. The number of anilines is 1. The average Bonchev–Trinajstić information content (AvgIpc) is 3.04. The highest BCUT2D eigenvalue weighted by Crippen LogP contribution is 2.28. The van der Waals surface area contributed by atoms with Crippen LogP contribution < -0.4 is 5.32 Å². The van der Waals surface area contributed by atoms with Crippen molar-refractivity contribution in [2.75, 3.05) is 12.4 Å². The maximum absolute atomic E-state index is 12.5. The third kappa shape index (κ3) is 4.58. The maximum Gasteiger partial charge on any atom is 0.323 e. The van der Waals surface area contributed by atoms with E-state index in [1.54, 1.807) is 14.0 Å². The van der Waals surface area contributed by atoms with E-state index in [2.05, 4.69) is 36.2 Å². The van der Waals surface area contributed by atoms with E-state index in [-0.39, 0.29) is 23.5 Å². The summed E-state index contributed by atoms with van der Waals surface area (Å²) in [4.78, 5) is 18.2. The molecule has 0 aliphatic rings. The predicted octanol–water partition coefficient (Wildman–Crippen LogP) is 3.29. The Balaban J connectivity index is 2.20. The summed E-state index contributed by atoms with van der Waals surface area (Å²) in [6.07, 6.45) is 0. The lowest BCUT2D eigenvalue weighted by Gasteiger charge is -2.24. The van der Waals surface area contributed by atoms with Crippen molar-refractivity contribution < 1.29 is 9.32 Å². The highest BCUT2D eigenvalue weighted by Gasteiger charge is 2.26. The monoisotopic (exact) mass is 348 g/mol. The summed E-state index contributed by atoms with van der Waals surface area (Å²) >= 11 is 0. The van der Waals surface area contributed by atoms with Crippen LogP contribution in [-0.2, 0) is 17.5 Å². The molecule has 2 amide bonds. The van der Waals surface area contributed by atoms with Crippen molar-refractivity contribution in [3.63, 3.8) is 0 Å². The van der Waals surface area contributed by atoms with Crippen molar-refractivity contribution in [1.29, 1.82) is 0 Å². The van der Waals surface area contributed by atoms with Gasteiger partial charge >= 0.3 is 6.03 Å². The molecular weight excluding hydrogens is 320 g/mol. The summed E-state index contributed by atoms with van der Waals surface area (Å²) in [5.74, 6) is 1.61. The van der Waals surface area contributed by atoms with E-state index in [4.69, 9.17) is 9.62 Å². The minimum atomic E-state index is -0.256. The third-order valence-corrected chi connectivity index (χ3v) is 3.64. The molecule has 138 valence electrons. The average molecular weight is 348 g/mol. The fourth-order valence-corrected chi connectivity index (χ4v) is 2.24. The fourth-order valence-electron chi connectivity index (χ4n) is 2.24. The Hall–Kier alpha value is -2.38. The van der Waals surface area contributed by atoms with Gasteiger partial charge in [0.1, 0.15) is 5.82 Å². The number of nitrogens with one attached hydrogen (secondary N) is 1. The first-order chi connectivity index (χ1) is 11.4. The number of hydrogen-bond acceptors (Lipinski definition) is 5. The van der Waals surface area contributed by atoms with Gasteiger partial charge in [-0.15, -0.1) is 0 Å². The molecule has 0 radical (unpaired) electrons. The molecule has 0 aliphatic heterocycles. The molecule has 8 nitrogen and oxygen atoms in total. The number of aryl methyl sites for hydroxylation is 1. The van der Waals surface area contributed by atoms with Crippen LogP contribution in [0.4, 0.5) is 10.6 Å².